The molecule has 2 heterocycles. The van der Waals surface area contributed by atoms with Crippen molar-refractivity contribution in [2.45, 2.75) is 25.3 Å². The van der Waals surface area contributed by atoms with E-state index < -0.39 is 0 Å². The average molecular weight is 243 g/mol. The van der Waals surface area contributed by atoms with Gasteiger partial charge < -0.3 is 15.6 Å². The van der Waals surface area contributed by atoms with Crippen LogP contribution in [0.5, 0.6) is 0 Å². The van der Waals surface area contributed by atoms with Crippen molar-refractivity contribution < 1.29 is 4.79 Å². The van der Waals surface area contributed by atoms with Crippen molar-refractivity contribution in [2.75, 3.05) is 11.9 Å². The van der Waals surface area contributed by atoms with Crippen molar-refractivity contribution in [1.82, 2.24) is 10.3 Å². The van der Waals surface area contributed by atoms with E-state index in [0.717, 1.165) is 29.6 Å². The Labute approximate surface area is 106 Å². The van der Waals surface area contributed by atoms with Crippen LogP contribution in [0.25, 0.3) is 10.9 Å². The van der Waals surface area contributed by atoms with E-state index in [9.17, 15) is 4.79 Å². The van der Waals surface area contributed by atoms with Gasteiger partial charge in [0.1, 0.15) is 0 Å². The van der Waals surface area contributed by atoms with Crippen molar-refractivity contribution in [3.63, 3.8) is 0 Å². The number of nitrogens with one attached hydrogen (secondary N) is 3. The molecule has 0 aliphatic carbocycles. The summed E-state index contributed by atoms with van der Waals surface area (Å²) in [5, 5.41) is 7.40. The number of H-pyrrole nitrogens is 1. The van der Waals surface area contributed by atoms with Gasteiger partial charge in [-0.3, -0.25) is 4.79 Å². The first-order valence-electron chi connectivity index (χ1n) is 6.42. The molecule has 0 saturated carbocycles. The predicted octanol–water partition coefficient (Wildman–Crippen LogP) is 2.25. The number of aromatic nitrogens is 1. The number of aromatic amines is 1. The molecule has 0 radical (unpaired) electrons. The molecule has 1 fully saturated rings. The van der Waals surface area contributed by atoms with Gasteiger partial charge in [0.25, 0.3) is 0 Å². The Morgan fingerprint density at radius 1 is 1.39 bits per heavy atom. The fourth-order valence-corrected chi connectivity index (χ4v) is 2.55. The van der Waals surface area contributed by atoms with Crippen molar-refractivity contribution in [3.05, 3.63) is 30.5 Å². The van der Waals surface area contributed by atoms with E-state index in [1.807, 2.05) is 30.5 Å². The van der Waals surface area contributed by atoms with E-state index in [1.54, 1.807) is 0 Å². The molecule has 1 aromatic carbocycles. The summed E-state index contributed by atoms with van der Waals surface area (Å²) in [5.74, 6) is 0.0862. The van der Waals surface area contributed by atoms with Crippen molar-refractivity contribution in [1.29, 1.82) is 0 Å². The molecule has 1 unspecified atom stereocenters. The van der Waals surface area contributed by atoms with Gasteiger partial charge >= 0.3 is 0 Å². The molecule has 3 rings (SSSR count). The minimum Gasteiger partial charge on any atom is -0.361 e. The summed E-state index contributed by atoms with van der Waals surface area (Å²) >= 11 is 0. The number of benzene rings is 1. The highest BCUT2D eigenvalue weighted by Gasteiger charge is 2.17. The van der Waals surface area contributed by atoms with Crippen LogP contribution >= 0.6 is 0 Å². The van der Waals surface area contributed by atoms with E-state index in [0.29, 0.717) is 12.5 Å². The third-order valence-corrected chi connectivity index (χ3v) is 3.46. The Hall–Kier alpha value is -1.81. The first-order chi connectivity index (χ1) is 8.83. The van der Waals surface area contributed by atoms with E-state index >= 15 is 0 Å². The van der Waals surface area contributed by atoms with Crippen LogP contribution in [0, 0.1) is 0 Å². The number of carbonyl (C=O) groups is 1. The van der Waals surface area contributed by atoms with E-state index in [2.05, 4.69) is 15.6 Å². The highest BCUT2D eigenvalue weighted by molar-refractivity contribution is 6.01. The fraction of sp³-hybridized carbons (Fsp3) is 0.357. The molecule has 18 heavy (non-hydrogen) atoms. The number of amides is 1. The third kappa shape index (κ3) is 2.24. The summed E-state index contributed by atoms with van der Waals surface area (Å²) in [6, 6.07) is 8.22. The van der Waals surface area contributed by atoms with Gasteiger partial charge in [-0.15, -0.1) is 0 Å². The number of hydrogen-bond acceptors (Lipinski definition) is 2. The summed E-state index contributed by atoms with van der Waals surface area (Å²) in [7, 11) is 0. The second kappa shape index (κ2) is 4.82. The molecule has 1 aromatic heterocycles. The van der Waals surface area contributed by atoms with Crippen LogP contribution in [0.15, 0.2) is 30.5 Å². The van der Waals surface area contributed by atoms with Crippen LogP contribution in [0.2, 0.25) is 0 Å². The third-order valence-electron chi connectivity index (χ3n) is 3.46. The second-order valence-electron chi connectivity index (χ2n) is 4.79. The zero-order chi connectivity index (χ0) is 12.4. The van der Waals surface area contributed by atoms with Crippen LogP contribution in [-0.2, 0) is 4.79 Å². The normalized spacial score (nSPS) is 19.2. The molecule has 0 bridgehead atoms. The topological polar surface area (TPSA) is 56.9 Å². The summed E-state index contributed by atoms with van der Waals surface area (Å²) in [5.41, 5.74) is 1.93. The SMILES string of the molecule is O=C(CC1CCCN1)Nc1cccc2[nH]ccc12. The standard InChI is InChI=1S/C14H17N3O/c18-14(9-10-3-2-7-15-10)17-13-5-1-4-12-11(13)6-8-16-12/h1,4-6,8,10,15-16H,2-3,7,9H2,(H,17,18). The monoisotopic (exact) mass is 243 g/mol. The van der Waals surface area contributed by atoms with Crippen molar-refractivity contribution in [2.24, 2.45) is 0 Å². The lowest BCUT2D eigenvalue weighted by Crippen LogP contribution is -2.27. The highest BCUT2D eigenvalue weighted by Crippen LogP contribution is 2.22. The maximum absolute atomic E-state index is 12.0. The maximum atomic E-state index is 12.0. The Morgan fingerprint density at radius 3 is 3.17 bits per heavy atom. The smallest absolute Gasteiger partial charge is 0.225 e. The first kappa shape index (κ1) is 11.3. The molecule has 94 valence electrons. The Bertz CT molecular complexity index is 555. The highest BCUT2D eigenvalue weighted by atomic mass is 16.1. The zero-order valence-electron chi connectivity index (χ0n) is 10.2. The number of anilines is 1. The van der Waals surface area contributed by atoms with Crippen LogP contribution in [0.4, 0.5) is 5.69 Å². The van der Waals surface area contributed by atoms with Gasteiger partial charge in [0, 0.05) is 29.6 Å². The molecule has 3 N–H and O–H groups in total. The number of carbonyl (C=O) groups excluding carboxylic acids is 1. The molecule has 1 amide bonds. The van der Waals surface area contributed by atoms with Gasteiger partial charge in [0.2, 0.25) is 5.91 Å². The van der Waals surface area contributed by atoms with Crippen molar-refractivity contribution >= 4 is 22.5 Å². The zero-order valence-corrected chi connectivity index (χ0v) is 10.2. The first-order valence-corrected chi connectivity index (χ1v) is 6.42. The maximum Gasteiger partial charge on any atom is 0.225 e. The van der Waals surface area contributed by atoms with Gasteiger partial charge in [-0.1, -0.05) is 6.07 Å². The van der Waals surface area contributed by atoms with E-state index in [4.69, 9.17) is 0 Å². The van der Waals surface area contributed by atoms with Crippen molar-refractivity contribution in [3.8, 4) is 0 Å². The lowest BCUT2D eigenvalue weighted by atomic mass is 10.1. The lowest BCUT2D eigenvalue weighted by molar-refractivity contribution is -0.116. The Morgan fingerprint density at radius 2 is 2.33 bits per heavy atom. The average Bonchev–Trinajstić information content (AvgIpc) is 2.99. The molecular formula is C14H17N3O. The quantitative estimate of drug-likeness (QED) is 0.774. The summed E-state index contributed by atoms with van der Waals surface area (Å²) in [6.07, 6.45) is 4.72. The second-order valence-corrected chi connectivity index (χ2v) is 4.79. The fourth-order valence-electron chi connectivity index (χ4n) is 2.55. The predicted molar refractivity (Wildman–Crippen MR) is 72.6 cm³/mol. The van der Waals surface area contributed by atoms with Crippen LogP contribution in [-0.4, -0.2) is 23.5 Å². The molecule has 1 atom stereocenters. The molecule has 2 aromatic rings. The lowest BCUT2D eigenvalue weighted by Gasteiger charge is -2.11. The minimum atomic E-state index is 0.0862. The largest absolute Gasteiger partial charge is 0.361 e. The van der Waals surface area contributed by atoms with Gasteiger partial charge in [-0.05, 0) is 37.6 Å². The van der Waals surface area contributed by atoms with Crippen LogP contribution in [0.3, 0.4) is 0 Å². The molecule has 0 spiro atoms. The van der Waals surface area contributed by atoms with Crippen LogP contribution in [0.1, 0.15) is 19.3 Å². The van der Waals surface area contributed by atoms with Gasteiger partial charge in [-0.25, -0.2) is 0 Å². The van der Waals surface area contributed by atoms with E-state index in [-0.39, 0.29) is 5.91 Å². The summed E-state index contributed by atoms with van der Waals surface area (Å²) in [4.78, 5) is 15.1. The summed E-state index contributed by atoms with van der Waals surface area (Å²) in [6.45, 7) is 1.03. The van der Waals surface area contributed by atoms with E-state index in [1.165, 1.54) is 6.42 Å². The summed E-state index contributed by atoms with van der Waals surface area (Å²) < 4.78 is 0. The Balaban J connectivity index is 1.71. The molecule has 4 nitrogen and oxygen atoms in total. The molecule has 1 aliphatic rings. The molecule has 4 heteroatoms. The molecular weight excluding hydrogens is 226 g/mol. The number of fused-ring (bicyclic) bond motifs is 1. The van der Waals surface area contributed by atoms with Gasteiger partial charge in [0.05, 0.1) is 5.69 Å². The number of rotatable bonds is 3. The Kier molecular flexibility index (Phi) is 3.02. The van der Waals surface area contributed by atoms with Crippen LogP contribution < -0.4 is 10.6 Å². The number of hydrogen-bond donors (Lipinski definition) is 3. The molecule has 1 saturated heterocycles. The van der Waals surface area contributed by atoms with Gasteiger partial charge in [-0.2, -0.15) is 0 Å². The molecule has 1 aliphatic heterocycles. The van der Waals surface area contributed by atoms with Gasteiger partial charge in [0.15, 0.2) is 0 Å². The minimum absolute atomic E-state index is 0.0862.